The Morgan fingerprint density at radius 1 is 1.28 bits per heavy atom. The van der Waals surface area contributed by atoms with Crippen LogP contribution in [0.25, 0.3) is 0 Å². The smallest absolute Gasteiger partial charge is 0.343 e. The van der Waals surface area contributed by atoms with E-state index in [9.17, 15) is 9.90 Å². The molecule has 0 radical (unpaired) electrons. The number of quaternary nitrogens is 1. The Balaban J connectivity index is 2.76. The minimum absolute atomic E-state index is 0.00208. The van der Waals surface area contributed by atoms with Crippen molar-refractivity contribution in [2.24, 2.45) is 0 Å². The van der Waals surface area contributed by atoms with Crippen molar-refractivity contribution < 1.29 is 19.1 Å². The van der Waals surface area contributed by atoms with Crippen LogP contribution < -0.4 is 0 Å². The van der Waals surface area contributed by atoms with Gasteiger partial charge in [-0.3, -0.25) is 0 Å². The molecule has 1 aromatic carbocycles. The first-order chi connectivity index (χ1) is 8.22. The Morgan fingerprint density at radius 3 is 2.39 bits per heavy atom. The van der Waals surface area contributed by atoms with Crippen LogP contribution in [0, 0.1) is 7.14 Å². The van der Waals surface area contributed by atoms with E-state index in [-0.39, 0.29) is 11.3 Å². The number of aromatic hydroxyl groups is 1. The molecule has 18 heavy (non-hydrogen) atoms. The van der Waals surface area contributed by atoms with Crippen LogP contribution in [0.15, 0.2) is 12.1 Å². The molecular formula is C12H16I2NO3+. The molecule has 0 aliphatic rings. The molecular weight excluding hydrogens is 460 g/mol. The number of likely N-dealkylation sites (N-methyl/N-ethyl adjacent to an activating group) is 1. The molecule has 1 rings (SSSR count). The van der Waals surface area contributed by atoms with Crippen molar-refractivity contribution in [3.05, 3.63) is 24.8 Å². The zero-order chi connectivity index (χ0) is 13.9. The Morgan fingerprint density at radius 2 is 1.83 bits per heavy atom. The molecule has 4 nitrogen and oxygen atoms in total. The molecule has 0 aromatic heterocycles. The third kappa shape index (κ3) is 4.54. The zero-order valence-electron chi connectivity index (χ0n) is 10.5. The zero-order valence-corrected chi connectivity index (χ0v) is 14.9. The van der Waals surface area contributed by atoms with Crippen molar-refractivity contribution >= 4 is 51.2 Å². The molecule has 0 amide bonds. The number of halogens is 2. The van der Waals surface area contributed by atoms with Gasteiger partial charge in [-0.25, -0.2) is 4.79 Å². The maximum atomic E-state index is 11.9. The van der Waals surface area contributed by atoms with Gasteiger partial charge in [-0.1, -0.05) is 0 Å². The van der Waals surface area contributed by atoms with E-state index in [1.54, 1.807) is 12.1 Å². The third-order valence-corrected chi connectivity index (χ3v) is 4.05. The van der Waals surface area contributed by atoms with Crippen molar-refractivity contribution in [1.82, 2.24) is 0 Å². The minimum atomic E-state index is -0.469. The topological polar surface area (TPSA) is 46.5 Å². The number of esters is 1. The average molecular weight is 476 g/mol. The van der Waals surface area contributed by atoms with Gasteiger partial charge < -0.3 is 14.3 Å². The van der Waals surface area contributed by atoms with Gasteiger partial charge >= 0.3 is 5.97 Å². The van der Waals surface area contributed by atoms with Crippen LogP contribution in [-0.4, -0.2) is 49.9 Å². The summed E-state index contributed by atoms with van der Waals surface area (Å²) in [6.07, 6.45) is 0. The van der Waals surface area contributed by atoms with Gasteiger partial charge in [-0.05, 0) is 57.3 Å². The van der Waals surface area contributed by atoms with E-state index in [4.69, 9.17) is 4.74 Å². The van der Waals surface area contributed by atoms with Gasteiger partial charge in [0.1, 0.15) is 24.5 Å². The van der Waals surface area contributed by atoms with Gasteiger partial charge in [-0.15, -0.1) is 0 Å². The van der Waals surface area contributed by atoms with Crippen LogP contribution in [0.5, 0.6) is 5.75 Å². The Kier molecular flexibility index (Phi) is 5.66. The lowest BCUT2D eigenvalue weighted by Gasteiger charge is -2.23. The largest absolute Gasteiger partial charge is 0.506 e. The molecule has 100 valence electrons. The highest BCUT2D eigenvalue weighted by atomic mass is 127. The van der Waals surface area contributed by atoms with Crippen LogP contribution in [0.2, 0.25) is 0 Å². The molecule has 6 heteroatoms. The summed E-state index contributed by atoms with van der Waals surface area (Å²) >= 11 is 4.00. The standard InChI is InChI=1S/C12H15I2NO3/c1-15(2,3)6-7-18-12(17)10-8(13)4-5-9(14)11(10)16/h4-5H,6-7H2,1-3H3/p+1. The van der Waals surface area contributed by atoms with Crippen LogP contribution >= 0.6 is 45.2 Å². The predicted octanol–water partition coefficient (Wildman–Crippen LogP) is 2.46. The van der Waals surface area contributed by atoms with Crippen LogP contribution in [0.3, 0.4) is 0 Å². The Labute approximate surface area is 134 Å². The number of carbonyl (C=O) groups is 1. The second-order valence-corrected chi connectivity index (χ2v) is 7.23. The molecule has 0 aliphatic heterocycles. The number of benzene rings is 1. The third-order valence-electron chi connectivity index (χ3n) is 2.28. The summed E-state index contributed by atoms with van der Waals surface area (Å²) < 4.78 is 7.26. The van der Waals surface area contributed by atoms with Gasteiger partial charge in [0.2, 0.25) is 0 Å². The number of rotatable bonds is 4. The monoisotopic (exact) mass is 476 g/mol. The maximum Gasteiger partial charge on any atom is 0.343 e. The fourth-order valence-corrected chi connectivity index (χ4v) is 2.32. The summed E-state index contributed by atoms with van der Waals surface area (Å²) in [6, 6.07) is 3.55. The fraction of sp³-hybridized carbons (Fsp3) is 0.417. The summed E-state index contributed by atoms with van der Waals surface area (Å²) in [5, 5.41) is 9.89. The number of phenolic OH excluding ortho intramolecular Hbond substituents is 1. The quantitative estimate of drug-likeness (QED) is 0.413. The summed E-state index contributed by atoms with van der Waals surface area (Å²) in [6.45, 7) is 1.07. The first-order valence-electron chi connectivity index (χ1n) is 5.37. The summed E-state index contributed by atoms with van der Waals surface area (Å²) in [5.74, 6) is -0.471. The number of ether oxygens (including phenoxy) is 1. The first-order valence-corrected chi connectivity index (χ1v) is 7.52. The van der Waals surface area contributed by atoms with E-state index >= 15 is 0 Å². The number of nitrogens with zero attached hydrogens (tertiary/aromatic N) is 1. The highest BCUT2D eigenvalue weighted by Crippen LogP contribution is 2.29. The first kappa shape index (κ1) is 16.0. The van der Waals surface area contributed by atoms with Crippen molar-refractivity contribution in [2.75, 3.05) is 34.3 Å². The number of carbonyl (C=O) groups excluding carboxylic acids is 1. The normalized spacial score (nSPS) is 11.4. The van der Waals surface area contributed by atoms with Crippen molar-refractivity contribution in [2.45, 2.75) is 0 Å². The molecule has 0 unspecified atom stereocenters. The lowest BCUT2D eigenvalue weighted by Crippen LogP contribution is -2.38. The molecule has 0 bridgehead atoms. The molecule has 0 aliphatic carbocycles. The van der Waals surface area contributed by atoms with E-state index in [1.807, 2.05) is 66.3 Å². The van der Waals surface area contributed by atoms with E-state index < -0.39 is 5.97 Å². The van der Waals surface area contributed by atoms with Gasteiger partial charge in [0.05, 0.1) is 24.7 Å². The van der Waals surface area contributed by atoms with Crippen molar-refractivity contribution in [1.29, 1.82) is 0 Å². The second-order valence-electron chi connectivity index (χ2n) is 4.90. The summed E-state index contributed by atoms with van der Waals surface area (Å²) in [5.41, 5.74) is 0.254. The van der Waals surface area contributed by atoms with E-state index in [0.29, 0.717) is 13.7 Å². The number of hydrogen-bond acceptors (Lipinski definition) is 3. The molecule has 0 spiro atoms. The maximum absolute atomic E-state index is 11.9. The molecule has 0 fully saturated rings. The predicted molar refractivity (Wildman–Crippen MR) is 86.7 cm³/mol. The highest BCUT2D eigenvalue weighted by molar-refractivity contribution is 14.1. The Hall–Kier alpha value is -0.0900. The summed E-state index contributed by atoms with van der Waals surface area (Å²) in [7, 11) is 6.08. The fourth-order valence-electron chi connectivity index (χ4n) is 1.22. The van der Waals surface area contributed by atoms with Gasteiger partial charge in [-0.2, -0.15) is 0 Å². The molecule has 1 N–H and O–H groups in total. The lowest BCUT2D eigenvalue weighted by atomic mass is 10.2. The minimum Gasteiger partial charge on any atom is -0.506 e. The second kappa shape index (κ2) is 6.38. The molecule has 0 heterocycles. The highest BCUT2D eigenvalue weighted by Gasteiger charge is 2.19. The van der Waals surface area contributed by atoms with Gasteiger partial charge in [0, 0.05) is 3.57 Å². The molecule has 1 aromatic rings. The number of phenols is 1. The van der Waals surface area contributed by atoms with Crippen LogP contribution in [0.4, 0.5) is 0 Å². The molecule has 0 saturated carbocycles. The summed E-state index contributed by atoms with van der Waals surface area (Å²) in [4.78, 5) is 11.9. The van der Waals surface area contributed by atoms with E-state index in [2.05, 4.69) is 0 Å². The lowest BCUT2D eigenvalue weighted by molar-refractivity contribution is -0.870. The SMILES string of the molecule is C[N+](C)(C)CCOC(=O)c1c(I)ccc(I)c1O. The van der Waals surface area contributed by atoms with Gasteiger partial charge in [0.15, 0.2) is 0 Å². The number of hydrogen-bond donors (Lipinski definition) is 1. The van der Waals surface area contributed by atoms with Crippen LogP contribution in [-0.2, 0) is 4.74 Å². The molecule has 0 saturated heterocycles. The van der Waals surface area contributed by atoms with Crippen LogP contribution in [0.1, 0.15) is 10.4 Å². The van der Waals surface area contributed by atoms with E-state index in [0.717, 1.165) is 11.0 Å². The van der Waals surface area contributed by atoms with Crippen molar-refractivity contribution in [3.63, 3.8) is 0 Å². The van der Waals surface area contributed by atoms with Gasteiger partial charge in [0.25, 0.3) is 0 Å². The van der Waals surface area contributed by atoms with E-state index in [1.165, 1.54) is 0 Å². The average Bonchev–Trinajstić information content (AvgIpc) is 2.22. The molecule has 0 atom stereocenters. The van der Waals surface area contributed by atoms with Crippen molar-refractivity contribution in [3.8, 4) is 5.75 Å². The Bertz CT molecular complexity index is 455.